The van der Waals surface area contributed by atoms with Crippen LogP contribution in [-0.2, 0) is 13.1 Å². The monoisotopic (exact) mass is 142 g/mol. The summed E-state index contributed by atoms with van der Waals surface area (Å²) in [5.74, 6) is 6.54. The Bertz CT molecular complexity index is 194. The predicted molar refractivity (Wildman–Crippen MR) is 36.0 cm³/mol. The summed E-state index contributed by atoms with van der Waals surface area (Å²) in [4.78, 5) is 0. The van der Waals surface area contributed by atoms with E-state index in [0.717, 1.165) is 0 Å². The van der Waals surface area contributed by atoms with E-state index >= 15 is 0 Å². The summed E-state index contributed by atoms with van der Waals surface area (Å²) in [6, 6.07) is 0. The van der Waals surface area contributed by atoms with Crippen LogP contribution >= 0.6 is 0 Å². The van der Waals surface area contributed by atoms with E-state index in [1.165, 1.54) is 4.68 Å². The molecular weight excluding hydrogens is 132 g/mol. The van der Waals surface area contributed by atoms with Crippen molar-refractivity contribution in [2.75, 3.05) is 5.84 Å². The van der Waals surface area contributed by atoms with Gasteiger partial charge in [0.25, 0.3) is 0 Å². The van der Waals surface area contributed by atoms with Gasteiger partial charge in [-0.2, -0.15) is 0 Å². The van der Waals surface area contributed by atoms with Gasteiger partial charge in [0, 0.05) is 0 Å². The highest BCUT2D eigenvalue weighted by Crippen LogP contribution is 1.92. The van der Waals surface area contributed by atoms with E-state index in [0.29, 0.717) is 11.6 Å². The van der Waals surface area contributed by atoms with Gasteiger partial charge in [-0.05, 0) is 0 Å². The minimum absolute atomic E-state index is 0.281. The molecule has 0 radical (unpaired) electrons. The molecule has 0 aliphatic carbocycles. The van der Waals surface area contributed by atoms with E-state index in [4.69, 9.17) is 17.3 Å². The van der Waals surface area contributed by atoms with Gasteiger partial charge in [0.15, 0.2) is 11.6 Å². The maximum Gasteiger partial charge on any atom is 0.165 e. The van der Waals surface area contributed by atoms with Crippen LogP contribution in [0.1, 0.15) is 11.6 Å². The maximum absolute atomic E-state index is 5.46. The van der Waals surface area contributed by atoms with E-state index < -0.39 is 0 Å². The topological polar surface area (TPSA) is 109 Å². The van der Waals surface area contributed by atoms with Gasteiger partial charge in [-0.1, -0.05) is 0 Å². The molecule has 56 valence electrons. The van der Waals surface area contributed by atoms with Gasteiger partial charge in [-0.15, -0.1) is 10.2 Å². The Morgan fingerprint density at radius 2 is 1.50 bits per heavy atom. The number of hydrogen-bond acceptors (Lipinski definition) is 5. The van der Waals surface area contributed by atoms with Crippen LogP contribution in [0.5, 0.6) is 0 Å². The van der Waals surface area contributed by atoms with E-state index in [-0.39, 0.29) is 13.1 Å². The van der Waals surface area contributed by atoms with Gasteiger partial charge in [0.05, 0.1) is 13.1 Å². The lowest BCUT2D eigenvalue weighted by atomic mass is 10.6. The van der Waals surface area contributed by atoms with Crippen molar-refractivity contribution in [2.45, 2.75) is 13.1 Å². The zero-order chi connectivity index (χ0) is 7.56. The Labute approximate surface area is 58.0 Å². The first-order valence-corrected chi connectivity index (χ1v) is 2.88. The van der Waals surface area contributed by atoms with Crippen LogP contribution < -0.4 is 17.3 Å². The van der Waals surface area contributed by atoms with Crippen molar-refractivity contribution >= 4 is 0 Å². The number of nitrogens with zero attached hydrogens (tertiary/aromatic N) is 3. The van der Waals surface area contributed by atoms with Crippen LogP contribution in [0.2, 0.25) is 0 Å². The van der Waals surface area contributed by atoms with Crippen molar-refractivity contribution in [3.8, 4) is 0 Å². The second-order valence-corrected chi connectivity index (χ2v) is 1.81. The van der Waals surface area contributed by atoms with Crippen molar-refractivity contribution in [2.24, 2.45) is 11.5 Å². The highest BCUT2D eigenvalue weighted by Gasteiger charge is 2.04. The van der Waals surface area contributed by atoms with Crippen LogP contribution in [-0.4, -0.2) is 14.9 Å². The van der Waals surface area contributed by atoms with Gasteiger partial charge < -0.3 is 17.3 Å². The van der Waals surface area contributed by atoms with Gasteiger partial charge in [-0.3, -0.25) is 0 Å². The smallest absolute Gasteiger partial charge is 0.165 e. The lowest BCUT2D eigenvalue weighted by molar-refractivity contribution is 0.789. The van der Waals surface area contributed by atoms with E-state index in [1.54, 1.807) is 0 Å². The van der Waals surface area contributed by atoms with Crippen molar-refractivity contribution in [3.05, 3.63) is 11.6 Å². The van der Waals surface area contributed by atoms with E-state index in [9.17, 15) is 0 Å². The minimum Gasteiger partial charge on any atom is -0.336 e. The van der Waals surface area contributed by atoms with Crippen LogP contribution in [0.15, 0.2) is 0 Å². The number of nitrogen functional groups attached to an aromatic ring is 1. The fourth-order valence-corrected chi connectivity index (χ4v) is 0.639. The fraction of sp³-hybridized carbons (Fsp3) is 0.500. The molecule has 0 aromatic carbocycles. The molecule has 0 fully saturated rings. The normalized spacial score (nSPS) is 10.2. The molecule has 0 spiro atoms. The summed E-state index contributed by atoms with van der Waals surface area (Å²) in [6.45, 7) is 0.562. The molecule has 0 saturated heterocycles. The summed E-state index contributed by atoms with van der Waals surface area (Å²) >= 11 is 0. The molecule has 6 heteroatoms. The molecule has 6 nitrogen and oxygen atoms in total. The molecule has 1 aromatic rings. The van der Waals surface area contributed by atoms with Gasteiger partial charge in [-0.25, -0.2) is 4.68 Å². The fourth-order valence-electron chi connectivity index (χ4n) is 0.639. The third-order valence-corrected chi connectivity index (χ3v) is 1.20. The predicted octanol–water partition coefficient (Wildman–Crippen LogP) is -2.09. The molecule has 0 unspecified atom stereocenters. The van der Waals surface area contributed by atoms with Gasteiger partial charge >= 0.3 is 0 Å². The van der Waals surface area contributed by atoms with E-state index in [2.05, 4.69) is 10.2 Å². The molecule has 0 atom stereocenters. The molecular formula is C4H10N6. The van der Waals surface area contributed by atoms with Crippen molar-refractivity contribution in [3.63, 3.8) is 0 Å². The lowest BCUT2D eigenvalue weighted by Gasteiger charge is -1.97. The van der Waals surface area contributed by atoms with Crippen molar-refractivity contribution in [1.82, 2.24) is 14.9 Å². The molecule has 0 aliphatic heterocycles. The summed E-state index contributed by atoms with van der Waals surface area (Å²) < 4.78 is 1.31. The largest absolute Gasteiger partial charge is 0.336 e. The second-order valence-electron chi connectivity index (χ2n) is 1.81. The Balaban J connectivity index is 2.97. The maximum atomic E-state index is 5.46. The van der Waals surface area contributed by atoms with Gasteiger partial charge in [0.1, 0.15) is 0 Å². The highest BCUT2D eigenvalue weighted by molar-refractivity contribution is 4.94. The Kier molecular flexibility index (Phi) is 1.83. The van der Waals surface area contributed by atoms with Crippen LogP contribution in [0.3, 0.4) is 0 Å². The first-order valence-electron chi connectivity index (χ1n) is 2.88. The summed E-state index contributed by atoms with van der Waals surface area (Å²) in [5.41, 5.74) is 10.5. The average Bonchev–Trinajstić information content (AvgIpc) is 2.30. The van der Waals surface area contributed by atoms with Crippen LogP contribution in [0, 0.1) is 0 Å². The molecule has 1 aromatic heterocycles. The quantitative estimate of drug-likeness (QED) is 0.410. The zero-order valence-corrected chi connectivity index (χ0v) is 5.49. The molecule has 6 N–H and O–H groups in total. The molecule has 0 amide bonds. The lowest BCUT2D eigenvalue weighted by Crippen LogP contribution is -2.19. The molecule has 1 heterocycles. The first-order chi connectivity index (χ1) is 4.79. The highest BCUT2D eigenvalue weighted by atomic mass is 15.4. The Hall–Kier alpha value is -1.14. The number of nitrogens with two attached hydrogens (primary N) is 3. The summed E-state index contributed by atoms with van der Waals surface area (Å²) in [6.07, 6.45) is 0. The van der Waals surface area contributed by atoms with Crippen molar-refractivity contribution < 1.29 is 0 Å². The Morgan fingerprint density at radius 3 is 1.70 bits per heavy atom. The van der Waals surface area contributed by atoms with Gasteiger partial charge in [0.2, 0.25) is 0 Å². The Morgan fingerprint density at radius 1 is 1.10 bits per heavy atom. The molecule has 0 aliphatic rings. The molecule has 1 rings (SSSR count). The number of rotatable bonds is 2. The van der Waals surface area contributed by atoms with Crippen LogP contribution in [0.4, 0.5) is 0 Å². The van der Waals surface area contributed by atoms with Crippen LogP contribution in [0.25, 0.3) is 0 Å². The summed E-state index contributed by atoms with van der Waals surface area (Å²) in [7, 11) is 0. The van der Waals surface area contributed by atoms with Crippen molar-refractivity contribution in [1.29, 1.82) is 0 Å². The number of hydrogen-bond donors (Lipinski definition) is 3. The zero-order valence-electron chi connectivity index (χ0n) is 5.49. The third-order valence-electron chi connectivity index (χ3n) is 1.20. The third kappa shape index (κ3) is 0.937. The molecule has 10 heavy (non-hydrogen) atoms. The first kappa shape index (κ1) is 6.97. The second kappa shape index (κ2) is 2.63. The summed E-state index contributed by atoms with van der Waals surface area (Å²) in [5, 5.41) is 7.38. The standard InChI is InChI=1S/C4H10N6/c5-1-3-8-9-4(2-6)10(3)7/h1-2,5-7H2. The minimum atomic E-state index is 0.281. The molecule has 0 bridgehead atoms. The molecule has 0 saturated carbocycles. The van der Waals surface area contributed by atoms with E-state index in [1.807, 2.05) is 0 Å². The average molecular weight is 142 g/mol. The SMILES string of the molecule is NCc1nnc(CN)n1N. The number of aromatic nitrogens is 3.